The first-order valence-corrected chi connectivity index (χ1v) is 8.09. The highest BCUT2D eigenvalue weighted by molar-refractivity contribution is 6.29. The summed E-state index contributed by atoms with van der Waals surface area (Å²) in [7, 11) is 0. The fourth-order valence-electron chi connectivity index (χ4n) is 2.63. The maximum absolute atomic E-state index is 12.7. The lowest BCUT2D eigenvalue weighted by Gasteiger charge is -2.24. The number of carbonyl (C=O) groups is 1. The van der Waals surface area contributed by atoms with E-state index in [0.717, 1.165) is 38.0 Å². The second-order valence-electron chi connectivity index (χ2n) is 5.40. The van der Waals surface area contributed by atoms with Crippen molar-refractivity contribution < 1.29 is 9.53 Å². The molecule has 0 aromatic carbocycles. The number of rotatable bonds is 6. The third kappa shape index (κ3) is 4.42. The molecule has 1 atom stereocenters. The molecule has 0 spiro atoms. The smallest absolute Gasteiger partial charge is 0.254 e. The van der Waals surface area contributed by atoms with E-state index < -0.39 is 0 Å². The number of ether oxygens (including phenoxy) is 1. The van der Waals surface area contributed by atoms with Crippen molar-refractivity contribution in [3.8, 4) is 0 Å². The van der Waals surface area contributed by atoms with Crippen molar-refractivity contribution in [3.63, 3.8) is 0 Å². The number of likely N-dealkylation sites (N-methyl/N-ethyl adjacent to an activating group) is 1. The van der Waals surface area contributed by atoms with Crippen molar-refractivity contribution >= 4 is 17.5 Å². The Bertz CT molecular complexity index is 487. The topological polar surface area (TPSA) is 42.4 Å². The summed E-state index contributed by atoms with van der Waals surface area (Å²) in [5.74, 6) is 0.00894. The molecular formula is C16H23ClN2O2. The molecule has 2 rings (SSSR count). The summed E-state index contributed by atoms with van der Waals surface area (Å²) in [6, 6.07) is 3.51. The number of nitrogens with zero attached hydrogens (tertiary/aromatic N) is 2. The van der Waals surface area contributed by atoms with Crippen molar-refractivity contribution in [1.82, 2.24) is 9.88 Å². The standard InChI is InChI=1S/C16H23ClN2O2/c1-3-6-13-9-12(10-15(17)18-13)16(20)19(4-2)11-14-7-5-8-21-14/h9-10,14H,3-8,11H2,1-2H3. The van der Waals surface area contributed by atoms with Crippen LogP contribution in [0.3, 0.4) is 0 Å². The molecule has 0 saturated carbocycles. The molecule has 1 saturated heterocycles. The number of halogens is 1. The van der Waals surface area contributed by atoms with E-state index in [2.05, 4.69) is 11.9 Å². The van der Waals surface area contributed by atoms with Gasteiger partial charge in [0.25, 0.3) is 5.91 Å². The van der Waals surface area contributed by atoms with Gasteiger partial charge in [-0.2, -0.15) is 0 Å². The molecule has 1 aliphatic heterocycles. The second kappa shape index (κ2) is 7.76. The predicted molar refractivity (Wildman–Crippen MR) is 83.8 cm³/mol. The largest absolute Gasteiger partial charge is 0.376 e. The van der Waals surface area contributed by atoms with Gasteiger partial charge in [0.15, 0.2) is 0 Å². The van der Waals surface area contributed by atoms with Crippen molar-refractivity contribution in [2.75, 3.05) is 19.7 Å². The van der Waals surface area contributed by atoms with E-state index >= 15 is 0 Å². The molecule has 0 aliphatic carbocycles. The first kappa shape index (κ1) is 16.2. The Kier molecular flexibility index (Phi) is 6.00. The summed E-state index contributed by atoms with van der Waals surface area (Å²) in [6.45, 7) is 6.20. The maximum atomic E-state index is 12.7. The van der Waals surface area contributed by atoms with Gasteiger partial charge >= 0.3 is 0 Å². The normalized spacial score (nSPS) is 18.0. The molecule has 4 nitrogen and oxygen atoms in total. The molecule has 116 valence electrons. The van der Waals surface area contributed by atoms with Gasteiger partial charge in [0.2, 0.25) is 0 Å². The second-order valence-corrected chi connectivity index (χ2v) is 5.79. The SMILES string of the molecule is CCCc1cc(C(=O)N(CC)CC2CCCO2)cc(Cl)n1. The summed E-state index contributed by atoms with van der Waals surface area (Å²) in [6.07, 6.45) is 4.09. The fraction of sp³-hybridized carbons (Fsp3) is 0.625. The lowest BCUT2D eigenvalue weighted by atomic mass is 10.1. The summed E-state index contributed by atoms with van der Waals surface area (Å²) in [5.41, 5.74) is 1.50. The van der Waals surface area contributed by atoms with Gasteiger partial charge in [-0.15, -0.1) is 0 Å². The van der Waals surface area contributed by atoms with Crippen LogP contribution in [0.1, 0.15) is 49.2 Å². The highest BCUT2D eigenvalue weighted by Crippen LogP contribution is 2.17. The monoisotopic (exact) mass is 310 g/mol. The van der Waals surface area contributed by atoms with E-state index in [1.807, 2.05) is 17.9 Å². The molecule has 1 amide bonds. The number of pyridine rings is 1. The van der Waals surface area contributed by atoms with Crippen LogP contribution in [0, 0.1) is 0 Å². The Balaban J connectivity index is 2.12. The van der Waals surface area contributed by atoms with Crippen LogP contribution >= 0.6 is 11.6 Å². The number of hydrogen-bond acceptors (Lipinski definition) is 3. The zero-order valence-electron chi connectivity index (χ0n) is 12.8. The molecule has 1 aliphatic rings. The van der Waals surface area contributed by atoms with Crippen LogP contribution in [0.15, 0.2) is 12.1 Å². The molecule has 1 unspecified atom stereocenters. The van der Waals surface area contributed by atoms with Crippen LogP contribution in [-0.2, 0) is 11.2 Å². The van der Waals surface area contributed by atoms with E-state index in [9.17, 15) is 4.79 Å². The van der Waals surface area contributed by atoms with Crippen LogP contribution in [0.2, 0.25) is 5.15 Å². The molecule has 1 aromatic rings. The molecule has 5 heteroatoms. The van der Waals surface area contributed by atoms with Crippen LogP contribution in [0.4, 0.5) is 0 Å². The van der Waals surface area contributed by atoms with Crippen molar-refractivity contribution in [2.45, 2.75) is 45.6 Å². The molecule has 0 radical (unpaired) electrons. The van der Waals surface area contributed by atoms with Crippen molar-refractivity contribution in [3.05, 3.63) is 28.5 Å². The quantitative estimate of drug-likeness (QED) is 0.757. The lowest BCUT2D eigenvalue weighted by molar-refractivity contribution is 0.0539. The average molecular weight is 311 g/mol. The number of carbonyl (C=O) groups excluding carboxylic acids is 1. The van der Waals surface area contributed by atoms with E-state index in [1.165, 1.54) is 0 Å². The summed E-state index contributed by atoms with van der Waals surface area (Å²) < 4.78 is 5.63. The van der Waals surface area contributed by atoms with Gasteiger partial charge in [-0.1, -0.05) is 24.9 Å². The van der Waals surface area contributed by atoms with Gasteiger partial charge in [0.05, 0.1) is 6.10 Å². The van der Waals surface area contributed by atoms with Crippen molar-refractivity contribution in [1.29, 1.82) is 0 Å². The van der Waals surface area contributed by atoms with Gasteiger partial charge in [0.1, 0.15) is 5.15 Å². The molecule has 0 N–H and O–H groups in total. The number of aromatic nitrogens is 1. The van der Waals surface area contributed by atoms with Crippen LogP contribution < -0.4 is 0 Å². The van der Waals surface area contributed by atoms with Gasteiger partial charge < -0.3 is 9.64 Å². The third-order valence-electron chi connectivity index (χ3n) is 3.72. The Labute approximate surface area is 131 Å². The van der Waals surface area contributed by atoms with Gasteiger partial charge in [0, 0.05) is 31.0 Å². The Hall–Kier alpha value is -1.13. The highest BCUT2D eigenvalue weighted by Gasteiger charge is 2.23. The molecule has 1 fully saturated rings. The number of amides is 1. The Morgan fingerprint density at radius 3 is 2.90 bits per heavy atom. The van der Waals surface area contributed by atoms with Gasteiger partial charge in [-0.3, -0.25) is 4.79 Å². The number of aryl methyl sites for hydroxylation is 1. The molecule has 0 bridgehead atoms. The summed E-state index contributed by atoms with van der Waals surface area (Å²) in [4.78, 5) is 18.8. The van der Waals surface area contributed by atoms with Crippen LogP contribution in [-0.4, -0.2) is 41.6 Å². The van der Waals surface area contributed by atoms with Crippen molar-refractivity contribution in [2.24, 2.45) is 0 Å². The third-order valence-corrected chi connectivity index (χ3v) is 3.91. The summed E-state index contributed by atoms with van der Waals surface area (Å²) >= 11 is 6.04. The Morgan fingerprint density at radius 2 is 2.29 bits per heavy atom. The fourth-order valence-corrected chi connectivity index (χ4v) is 2.86. The molecular weight excluding hydrogens is 288 g/mol. The summed E-state index contributed by atoms with van der Waals surface area (Å²) in [5, 5.41) is 0.387. The van der Waals surface area contributed by atoms with E-state index in [1.54, 1.807) is 6.07 Å². The predicted octanol–water partition coefficient (Wildman–Crippen LogP) is 3.33. The number of hydrogen-bond donors (Lipinski definition) is 0. The van der Waals surface area contributed by atoms with E-state index in [4.69, 9.17) is 16.3 Å². The minimum Gasteiger partial charge on any atom is -0.376 e. The molecule has 1 aromatic heterocycles. The minimum absolute atomic E-state index is 0.00894. The van der Waals surface area contributed by atoms with Gasteiger partial charge in [-0.05, 0) is 38.3 Å². The Morgan fingerprint density at radius 1 is 1.48 bits per heavy atom. The van der Waals surface area contributed by atoms with E-state index in [0.29, 0.717) is 23.8 Å². The average Bonchev–Trinajstić information content (AvgIpc) is 2.96. The first-order chi connectivity index (χ1) is 10.1. The van der Waals surface area contributed by atoms with E-state index in [-0.39, 0.29) is 12.0 Å². The zero-order chi connectivity index (χ0) is 15.2. The van der Waals surface area contributed by atoms with Crippen LogP contribution in [0.5, 0.6) is 0 Å². The lowest BCUT2D eigenvalue weighted by Crippen LogP contribution is -2.37. The molecule has 2 heterocycles. The first-order valence-electron chi connectivity index (χ1n) is 7.71. The van der Waals surface area contributed by atoms with Crippen LogP contribution in [0.25, 0.3) is 0 Å². The zero-order valence-corrected chi connectivity index (χ0v) is 13.5. The van der Waals surface area contributed by atoms with Gasteiger partial charge in [-0.25, -0.2) is 4.98 Å². The highest BCUT2D eigenvalue weighted by atomic mass is 35.5. The molecule has 21 heavy (non-hydrogen) atoms. The maximum Gasteiger partial charge on any atom is 0.254 e. The minimum atomic E-state index is 0.00894.